The molecular formula is C13H18N2O3S. The van der Waals surface area contributed by atoms with Crippen LogP contribution in [0, 0.1) is 0 Å². The van der Waals surface area contributed by atoms with Gasteiger partial charge in [-0.3, -0.25) is 0 Å². The van der Waals surface area contributed by atoms with Gasteiger partial charge in [0.15, 0.2) is 21.4 Å². The quantitative estimate of drug-likeness (QED) is 0.774. The summed E-state index contributed by atoms with van der Waals surface area (Å²) in [7, 11) is -2.93. The van der Waals surface area contributed by atoms with E-state index in [1.807, 2.05) is 6.07 Å². The number of aromatic nitrogens is 1. The van der Waals surface area contributed by atoms with Crippen LogP contribution in [0.15, 0.2) is 12.3 Å². The zero-order chi connectivity index (χ0) is 13.6. The lowest BCUT2D eigenvalue weighted by atomic mass is 10.0. The molecule has 6 heteroatoms. The first-order chi connectivity index (χ1) is 8.98. The van der Waals surface area contributed by atoms with Gasteiger partial charge in [0.25, 0.3) is 0 Å². The highest BCUT2D eigenvalue weighted by Crippen LogP contribution is 2.39. The van der Waals surface area contributed by atoms with Crippen LogP contribution in [-0.2, 0) is 9.84 Å². The van der Waals surface area contributed by atoms with Gasteiger partial charge in [-0.1, -0.05) is 13.8 Å². The second-order valence-electron chi connectivity index (χ2n) is 5.48. The van der Waals surface area contributed by atoms with Gasteiger partial charge in [-0.2, -0.15) is 0 Å². The molecule has 1 saturated heterocycles. The minimum Gasteiger partial charge on any atom is -0.487 e. The van der Waals surface area contributed by atoms with E-state index in [0.717, 1.165) is 17.1 Å². The average molecular weight is 282 g/mol. The van der Waals surface area contributed by atoms with Crippen LogP contribution in [0.25, 0.3) is 0 Å². The fourth-order valence-corrected chi connectivity index (χ4v) is 4.25. The largest absolute Gasteiger partial charge is 0.487 e. The molecule has 3 heterocycles. The van der Waals surface area contributed by atoms with Crippen molar-refractivity contribution in [3.8, 4) is 5.75 Å². The third-order valence-electron chi connectivity index (χ3n) is 3.76. The molecule has 2 aliphatic heterocycles. The SMILES string of the molecule is CC(C)c1ccnc2c1OCC1CS(=O)(=O)CCN21. The molecule has 1 aromatic heterocycles. The normalized spacial score (nSPS) is 24.6. The highest BCUT2D eigenvalue weighted by Gasteiger charge is 2.37. The first-order valence-electron chi connectivity index (χ1n) is 6.57. The molecule has 1 atom stereocenters. The predicted molar refractivity (Wildman–Crippen MR) is 73.6 cm³/mol. The summed E-state index contributed by atoms with van der Waals surface area (Å²) < 4.78 is 29.2. The molecule has 0 saturated carbocycles. The van der Waals surface area contributed by atoms with Crippen LogP contribution in [0.1, 0.15) is 25.3 Å². The lowest BCUT2D eigenvalue weighted by Gasteiger charge is -2.41. The lowest BCUT2D eigenvalue weighted by Crippen LogP contribution is -2.53. The van der Waals surface area contributed by atoms with Crippen LogP contribution >= 0.6 is 0 Å². The van der Waals surface area contributed by atoms with E-state index >= 15 is 0 Å². The molecule has 2 aliphatic rings. The highest BCUT2D eigenvalue weighted by molar-refractivity contribution is 7.91. The summed E-state index contributed by atoms with van der Waals surface area (Å²) in [6, 6.07) is 1.88. The maximum atomic E-state index is 11.7. The zero-order valence-corrected chi connectivity index (χ0v) is 12.0. The van der Waals surface area contributed by atoms with E-state index in [-0.39, 0.29) is 17.5 Å². The maximum Gasteiger partial charge on any atom is 0.172 e. The third kappa shape index (κ3) is 2.18. The standard InChI is InChI=1S/C13H18N2O3S/c1-9(2)11-3-4-14-13-12(11)18-7-10-8-19(16,17)6-5-15(10)13/h3-4,9-10H,5-8H2,1-2H3. The second-order valence-corrected chi connectivity index (χ2v) is 7.71. The molecule has 0 radical (unpaired) electrons. The molecular weight excluding hydrogens is 264 g/mol. The Morgan fingerprint density at radius 2 is 2.26 bits per heavy atom. The summed E-state index contributed by atoms with van der Waals surface area (Å²) in [5, 5.41) is 0. The highest BCUT2D eigenvalue weighted by atomic mass is 32.2. The van der Waals surface area contributed by atoms with Gasteiger partial charge in [-0.15, -0.1) is 0 Å². The molecule has 1 fully saturated rings. The maximum absolute atomic E-state index is 11.7. The number of sulfone groups is 1. The topological polar surface area (TPSA) is 59.5 Å². The van der Waals surface area contributed by atoms with Crippen molar-refractivity contribution in [1.82, 2.24) is 4.98 Å². The molecule has 0 spiro atoms. The summed E-state index contributed by atoms with van der Waals surface area (Å²) in [5.74, 6) is 2.36. The van der Waals surface area contributed by atoms with Crippen LogP contribution in [-0.4, -0.2) is 44.1 Å². The summed E-state index contributed by atoms with van der Waals surface area (Å²) in [6.45, 7) is 5.17. The summed E-state index contributed by atoms with van der Waals surface area (Å²) >= 11 is 0. The van der Waals surface area contributed by atoms with Crippen molar-refractivity contribution in [2.75, 3.05) is 29.6 Å². The number of nitrogens with zero attached hydrogens (tertiary/aromatic N) is 2. The molecule has 0 aromatic carbocycles. The Balaban J connectivity index is 2.01. The van der Waals surface area contributed by atoms with Gasteiger partial charge in [0, 0.05) is 18.3 Å². The van der Waals surface area contributed by atoms with Gasteiger partial charge < -0.3 is 9.64 Å². The van der Waals surface area contributed by atoms with E-state index in [4.69, 9.17) is 4.74 Å². The Morgan fingerprint density at radius 3 is 3.00 bits per heavy atom. The molecule has 0 aliphatic carbocycles. The van der Waals surface area contributed by atoms with Gasteiger partial charge in [-0.05, 0) is 12.0 Å². The molecule has 1 aromatic rings. The third-order valence-corrected chi connectivity index (χ3v) is 5.46. The van der Waals surface area contributed by atoms with Crippen molar-refractivity contribution in [2.45, 2.75) is 25.8 Å². The van der Waals surface area contributed by atoms with E-state index in [1.165, 1.54) is 0 Å². The Morgan fingerprint density at radius 1 is 1.47 bits per heavy atom. The number of pyridine rings is 1. The van der Waals surface area contributed by atoms with E-state index in [1.54, 1.807) is 6.20 Å². The number of fused-ring (bicyclic) bond motifs is 3. The number of ether oxygens (including phenoxy) is 1. The number of rotatable bonds is 1. The monoisotopic (exact) mass is 282 g/mol. The molecule has 19 heavy (non-hydrogen) atoms. The summed E-state index contributed by atoms with van der Waals surface area (Å²) in [4.78, 5) is 6.49. The van der Waals surface area contributed by atoms with Gasteiger partial charge in [0.2, 0.25) is 0 Å². The van der Waals surface area contributed by atoms with Gasteiger partial charge in [0.1, 0.15) is 6.61 Å². The lowest BCUT2D eigenvalue weighted by molar-refractivity contribution is 0.263. The Hall–Kier alpha value is -1.30. The number of hydrogen-bond acceptors (Lipinski definition) is 5. The fourth-order valence-electron chi connectivity index (χ4n) is 2.74. The van der Waals surface area contributed by atoms with Crippen LogP contribution in [0.2, 0.25) is 0 Å². The van der Waals surface area contributed by atoms with E-state index in [9.17, 15) is 8.42 Å². The molecule has 5 nitrogen and oxygen atoms in total. The van der Waals surface area contributed by atoms with Crippen molar-refractivity contribution < 1.29 is 13.2 Å². The van der Waals surface area contributed by atoms with Crippen molar-refractivity contribution in [3.05, 3.63) is 17.8 Å². The average Bonchev–Trinajstić information content (AvgIpc) is 2.36. The van der Waals surface area contributed by atoms with Crippen LogP contribution in [0.3, 0.4) is 0 Å². The van der Waals surface area contributed by atoms with Gasteiger partial charge in [-0.25, -0.2) is 13.4 Å². The minimum absolute atomic E-state index is 0.0961. The molecule has 104 valence electrons. The first kappa shape index (κ1) is 12.7. The molecule has 3 rings (SSSR count). The van der Waals surface area contributed by atoms with E-state index in [2.05, 4.69) is 23.7 Å². The van der Waals surface area contributed by atoms with Crippen LogP contribution in [0.5, 0.6) is 5.75 Å². The molecule has 0 N–H and O–H groups in total. The van der Waals surface area contributed by atoms with Crippen LogP contribution < -0.4 is 9.64 Å². The Kier molecular flexibility index (Phi) is 2.92. The first-order valence-corrected chi connectivity index (χ1v) is 8.39. The fraction of sp³-hybridized carbons (Fsp3) is 0.615. The molecule has 1 unspecified atom stereocenters. The van der Waals surface area contributed by atoms with Crippen molar-refractivity contribution in [3.63, 3.8) is 0 Å². The Labute approximate surface area is 113 Å². The van der Waals surface area contributed by atoms with Crippen molar-refractivity contribution in [1.29, 1.82) is 0 Å². The number of hydrogen-bond donors (Lipinski definition) is 0. The van der Waals surface area contributed by atoms with Crippen LogP contribution in [0.4, 0.5) is 5.82 Å². The minimum atomic E-state index is -2.93. The molecule has 0 bridgehead atoms. The molecule has 0 amide bonds. The smallest absolute Gasteiger partial charge is 0.172 e. The van der Waals surface area contributed by atoms with Crippen molar-refractivity contribution in [2.24, 2.45) is 0 Å². The summed E-state index contributed by atoms with van der Waals surface area (Å²) in [6.07, 6.45) is 1.78. The van der Waals surface area contributed by atoms with E-state index in [0.29, 0.717) is 19.1 Å². The zero-order valence-electron chi connectivity index (χ0n) is 11.2. The van der Waals surface area contributed by atoms with E-state index < -0.39 is 9.84 Å². The second kappa shape index (κ2) is 4.37. The van der Waals surface area contributed by atoms with Gasteiger partial charge in [0.05, 0.1) is 17.5 Å². The van der Waals surface area contributed by atoms with Gasteiger partial charge >= 0.3 is 0 Å². The predicted octanol–water partition coefficient (Wildman–Crippen LogP) is 1.20. The number of anilines is 1. The summed E-state index contributed by atoms with van der Waals surface area (Å²) in [5.41, 5.74) is 1.14. The Bertz CT molecular complexity index is 598. The van der Waals surface area contributed by atoms with Crippen molar-refractivity contribution >= 4 is 15.7 Å².